The Morgan fingerprint density at radius 3 is 1.78 bits per heavy atom. The molecule has 3 heteroatoms. The minimum atomic E-state index is 0.405. The molecule has 3 aromatic rings. The van der Waals surface area contributed by atoms with Crippen molar-refractivity contribution >= 4 is 17.3 Å². The van der Waals surface area contributed by atoms with Crippen molar-refractivity contribution in [3.8, 4) is 11.8 Å². The smallest absolute Gasteiger partial charge is 0.201 e. The molecule has 0 aromatic heterocycles. The molecular weight excluding hydrogens is 330 g/mol. The largest absolute Gasteiger partial charge is 0.326 e. The second-order valence-electron chi connectivity index (χ2n) is 6.31. The van der Waals surface area contributed by atoms with E-state index in [9.17, 15) is 0 Å². The van der Waals surface area contributed by atoms with Gasteiger partial charge in [-0.25, -0.2) is 4.99 Å². The third kappa shape index (κ3) is 6.05. The van der Waals surface area contributed by atoms with Crippen LogP contribution in [0.25, 0.3) is 0 Å². The van der Waals surface area contributed by atoms with Gasteiger partial charge < -0.3 is 10.6 Å². The van der Waals surface area contributed by atoms with E-state index in [4.69, 9.17) is 0 Å². The summed E-state index contributed by atoms with van der Waals surface area (Å²) in [6, 6.07) is 26.4. The Bertz CT molecular complexity index is 895. The highest BCUT2D eigenvalue weighted by Gasteiger charge is 2.01. The van der Waals surface area contributed by atoms with Crippen molar-refractivity contribution in [1.82, 2.24) is 0 Å². The number of hydrogen-bond acceptors (Lipinski definition) is 1. The number of aliphatic imine (C=N–C) groups is 1. The Balaban J connectivity index is 1.74. The fourth-order valence-corrected chi connectivity index (χ4v) is 2.44. The highest BCUT2D eigenvalue weighted by atomic mass is 15.2. The van der Waals surface area contributed by atoms with Crippen LogP contribution in [0.4, 0.5) is 11.4 Å². The molecule has 134 valence electrons. The number of benzene rings is 3. The molecule has 0 fully saturated rings. The summed E-state index contributed by atoms with van der Waals surface area (Å²) in [6.07, 6.45) is 0. The molecule has 2 N–H and O–H groups in total. The fourth-order valence-electron chi connectivity index (χ4n) is 2.44. The van der Waals surface area contributed by atoms with Crippen LogP contribution >= 0.6 is 0 Å². The maximum absolute atomic E-state index is 4.60. The van der Waals surface area contributed by atoms with Crippen molar-refractivity contribution in [1.29, 1.82) is 0 Å². The summed E-state index contributed by atoms with van der Waals surface area (Å²) in [7, 11) is 0. The van der Waals surface area contributed by atoms with Gasteiger partial charge in [-0.05, 0) is 50.2 Å². The fraction of sp³-hybridized carbons (Fsp3) is 0.125. The lowest BCUT2D eigenvalue weighted by Gasteiger charge is -2.12. The van der Waals surface area contributed by atoms with E-state index in [-0.39, 0.29) is 0 Å². The van der Waals surface area contributed by atoms with Crippen LogP contribution in [0.1, 0.15) is 16.7 Å². The lowest BCUT2D eigenvalue weighted by atomic mass is 10.2. The number of hydrogen-bond donors (Lipinski definition) is 2. The first-order chi connectivity index (χ1) is 13.2. The highest BCUT2D eigenvalue weighted by molar-refractivity contribution is 6.03. The molecule has 0 saturated heterocycles. The first-order valence-corrected chi connectivity index (χ1v) is 8.95. The molecule has 0 saturated carbocycles. The predicted octanol–water partition coefficient (Wildman–Crippen LogP) is 5.24. The van der Waals surface area contributed by atoms with Crippen molar-refractivity contribution in [2.45, 2.75) is 13.8 Å². The SMILES string of the molecule is Cc1ccc(NC(=NCC#Cc2ccccc2)Nc2ccc(C)cc2)cc1. The third-order valence-corrected chi connectivity index (χ3v) is 3.95. The van der Waals surface area contributed by atoms with E-state index >= 15 is 0 Å². The molecule has 0 atom stereocenters. The Morgan fingerprint density at radius 1 is 0.741 bits per heavy atom. The summed E-state index contributed by atoms with van der Waals surface area (Å²) in [6.45, 7) is 4.55. The molecule has 0 unspecified atom stereocenters. The average molecular weight is 353 g/mol. The summed E-state index contributed by atoms with van der Waals surface area (Å²) in [5, 5.41) is 6.68. The number of guanidine groups is 1. The zero-order valence-electron chi connectivity index (χ0n) is 15.7. The van der Waals surface area contributed by atoms with Crippen molar-refractivity contribution in [3.05, 3.63) is 95.6 Å². The molecule has 0 aliphatic rings. The minimum Gasteiger partial charge on any atom is -0.326 e. The molecule has 0 spiro atoms. The van der Waals surface area contributed by atoms with Crippen LogP contribution in [0.15, 0.2) is 83.9 Å². The second-order valence-corrected chi connectivity index (χ2v) is 6.31. The van der Waals surface area contributed by atoms with Gasteiger partial charge in [-0.1, -0.05) is 65.4 Å². The van der Waals surface area contributed by atoms with Gasteiger partial charge in [0.05, 0.1) is 0 Å². The van der Waals surface area contributed by atoms with Gasteiger partial charge >= 0.3 is 0 Å². The lowest BCUT2D eigenvalue weighted by molar-refractivity contribution is 1.26. The predicted molar refractivity (Wildman–Crippen MR) is 115 cm³/mol. The van der Waals surface area contributed by atoms with E-state index in [1.165, 1.54) is 11.1 Å². The van der Waals surface area contributed by atoms with E-state index in [0.29, 0.717) is 12.5 Å². The van der Waals surface area contributed by atoms with E-state index in [2.05, 4.69) is 65.6 Å². The van der Waals surface area contributed by atoms with Crippen molar-refractivity contribution < 1.29 is 0 Å². The van der Waals surface area contributed by atoms with E-state index in [1.54, 1.807) is 0 Å². The zero-order chi connectivity index (χ0) is 18.9. The number of aryl methyl sites for hydroxylation is 2. The van der Waals surface area contributed by atoms with Gasteiger partial charge in [-0.15, -0.1) is 0 Å². The normalized spacial score (nSPS) is 9.70. The van der Waals surface area contributed by atoms with Crippen LogP contribution < -0.4 is 10.6 Å². The first-order valence-electron chi connectivity index (χ1n) is 8.95. The quantitative estimate of drug-likeness (QED) is 0.384. The second kappa shape index (κ2) is 9.26. The van der Waals surface area contributed by atoms with Gasteiger partial charge in [0.2, 0.25) is 5.96 Å². The van der Waals surface area contributed by atoms with Crippen LogP contribution in [-0.2, 0) is 0 Å². The molecule has 27 heavy (non-hydrogen) atoms. The van der Waals surface area contributed by atoms with Crippen LogP contribution in [0.3, 0.4) is 0 Å². The topological polar surface area (TPSA) is 36.4 Å². The van der Waals surface area contributed by atoms with Gasteiger partial charge in [0.15, 0.2) is 0 Å². The van der Waals surface area contributed by atoms with E-state index in [0.717, 1.165) is 16.9 Å². The Labute approximate surface area is 161 Å². The van der Waals surface area contributed by atoms with Crippen molar-refractivity contribution in [2.75, 3.05) is 17.2 Å². The molecule has 3 rings (SSSR count). The first kappa shape index (κ1) is 18.3. The lowest BCUT2D eigenvalue weighted by Crippen LogP contribution is -2.22. The standard InChI is InChI=1S/C24H23N3/c1-19-10-14-22(15-11-19)26-24(27-23-16-12-20(2)13-17-23)25-18-6-9-21-7-4-3-5-8-21/h3-5,7-8,10-17H,18H2,1-2H3,(H2,25,26,27). The van der Waals surface area contributed by atoms with Crippen LogP contribution in [-0.4, -0.2) is 12.5 Å². The van der Waals surface area contributed by atoms with Gasteiger partial charge in [-0.3, -0.25) is 0 Å². The summed E-state index contributed by atoms with van der Waals surface area (Å²) in [5.41, 5.74) is 5.40. The van der Waals surface area contributed by atoms with Gasteiger partial charge in [0.1, 0.15) is 6.54 Å². The molecule has 0 aliphatic carbocycles. The molecule has 0 radical (unpaired) electrons. The van der Waals surface area contributed by atoms with Crippen molar-refractivity contribution in [3.63, 3.8) is 0 Å². The van der Waals surface area contributed by atoms with E-state index in [1.807, 2.05) is 54.6 Å². The summed E-state index contributed by atoms with van der Waals surface area (Å²) in [4.78, 5) is 4.60. The van der Waals surface area contributed by atoms with Gasteiger partial charge in [-0.2, -0.15) is 0 Å². The van der Waals surface area contributed by atoms with Crippen LogP contribution in [0.5, 0.6) is 0 Å². The maximum Gasteiger partial charge on any atom is 0.201 e. The molecule has 0 aliphatic heterocycles. The molecule has 3 nitrogen and oxygen atoms in total. The molecule has 0 bridgehead atoms. The highest BCUT2D eigenvalue weighted by Crippen LogP contribution is 2.12. The number of anilines is 2. The summed E-state index contributed by atoms with van der Waals surface area (Å²) in [5.74, 6) is 6.91. The maximum atomic E-state index is 4.60. The zero-order valence-corrected chi connectivity index (χ0v) is 15.7. The van der Waals surface area contributed by atoms with Crippen LogP contribution in [0.2, 0.25) is 0 Å². The summed E-state index contributed by atoms with van der Waals surface area (Å²) >= 11 is 0. The van der Waals surface area contributed by atoms with Gasteiger partial charge in [0.25, 0.3) is 0 Å². The molecule has 3 aromatic carbocycles. The van der Waals surface area contributed by atoms with Crippen LogP contribution in [0, 0.1) is 25.7 Å². The number of rotatable bonds is 3. The third-order valence-electron chi connectivity index (χ3n) is 3.95. The Morgan fingerprint density at radius 2 is 1.26 bits per heavy atom. The minimum absolute atomic E-state index is 0.405. The monoisotopic (exact) mass is 353 g/mol. The average Bonchev–Trinajstić information content (AvgIpc) is 2.69. The number of nitrogens with one attached hydrogen (secondary N) is 2. The Kier molecular flexibility index (Phi) is 6.27. The molecule has 0 heterocycles. The Hall–Kier alpha value is -3.51. The summed E-state index contributed by atoms with van der Waals surface area (Å²) < 4.78 is 0. The van der Waals surface area contributed by atoms with E-state index < -0.39 is 0 Å². The van der Waals surface area contributed by atoms with Gasteiger partial charge in [0, 0.05) is 16.9 Å². The number of nitrogens with zero attached hydrogens (tertiary/aromatic N) is 1. The molecular formula is C24H23N3. The van der Waals surface area contributed by atoms with Crippen molar-refractivity contribution in [2.24, 2.45) is 4.99 Å². The molecule has 0 amide bonds.